The van der Waals surface area contributed by atoms with Gasteiger partial charge in [0.25, 0.3) is 0 Å². The molecule has 0 unspecified atom stereocenters. The van der Waals surface area contributed by atoms with E-state index in [4.69, 9.17) is 11.6 Å². The highest BCUT2D eigenvalue weighted by Gasteiger charge is 2.20. The Morgan fingerprint density at radius 3 is 2.07 bits per heavy atom. The fourth-order valence-corrected chi connectivity index (χ4v) is 5.47. The summed E-state index contributed by atoms with van der Waals surface area (Å²) in [5.41, 5.74) is 3.28. The molecule has 0 saturated carbocycles. The third-order valence-electron chi connectivity index (χ3n) is 4.34. The fourth-order valence-electron chi connectivity index (χ4n) is 2.84. The molecule has 28 heavy (non-hydrogen) atoms. The molecular formula is C21H19ClO4S2. The van der Waals surface area contributed by atoms with Gasteiger partial charge in [-0.2, -0.15) is 0 Å². The second-order valence-electron chi connectivity index (χ2n) is 6.69. The Hall–Kier alpha value is -2.15. The van der Waals surface area contributed by atoms with Crippen molar-refractivity contribution in [3.05, 3.63) is 82.9 Å². The van der Waals surface area contributed by atoms with Crippen molar-refractivity contribution in [1.82, 2.24) is 0 Å². The maximum atomic E-state index is 12.8. The first-order valence-corrected chi connectivity index (χ1v) is 12.4. The van der Waals surface area contributed by atoms with Crippen LogP contribution in [0, 0.1) is 6.92 Å². The monoisotopic (exact) mass is 434 g/mol. The fraction of sp³-hybridized carbons (Fsp3) is 0.143. The molecule has 0 amide bonds. The van der Waals surface area contributed by atoms with Crippen molar-refractivity contribution >= 4 is 31.3 Å². The van der Waals surface area contributed by atoms with Crippen molar-refractivity contribution in [2.45, 2.75) is 22.5 Å². The lowest BCUT2D eigenvalue weighted by atomic mass is 10.0. The zero-order valence-corrected chi connectivity index (χ0v) is 17.8. The molecule has 0 fully saturated rings. The van der Waals surface area contributed by atoms with Gasteiger partial charge in [-0.3, -0.25) is 0 Å². The van der Waals surface area contributed by atoms with E-state index < -0.39 is 19.7 Å². The standard InChI is InChI=1S/C21H19ClO4S2/c1-15-6-8-17(9-7-15)18-10-11-21(20(22)13-18)28(25,26)14-16-4-3-5-19(12-16)27(2,23)24/h3-13H,14H2,1-2H3. The Morgan fingerprint density at radius 1 is 0.821 bits per heavy atom. The quantitative estimate of drug-likeness (QED) is 0.584. The summed E-state index contributed by atoms with van der Waals surface area (Å²) in [5, 5.41) is 0.136. The molecule has 0 heterocycles. The van der Waals surface area contributed by atoms with Crippen LogP contribution in [0.15, 0.2) is 76.5 Å². The summed E-state index contributed by atoms with van der Waals surface area (Å²) in [6, 6.07) is 18.6. The summed E-state index contributed by atoms with van der Waals surface area (Å²) in [4.78, 5) is 0.107. The maximum absolute atomic E-state index is 12.8. The average Bonchev–Trinajstić information content (AvgIpc) is 2.61. The van der Waals surface area contributed by atoms with E-state index in [2.05, 4.69) is 0 Å². The lowest BCUT2D eigenvalue weighted by molar-refractivity contribution is 0.594. The first kappa shape index (κ1) is 20.6. The molecule has 3 aromatic rings. The molecule has 0 bridgehead atoms. The average molecular weight is 435 g/mol. The van der Waals surface area contributed by atoms with E-state index in [0.717, 1.165) is 22.9 Å². The molecule has 3 rings (SSSR count). The molecule has 0 aliphatic heterocycles. The molecule has 4 nitrogen and oxygen atoms in total. The van der Waals surface area contributed by atoms with Crippen LogP contribution in [0.2, 0.25) is 5.02 Å². The van der Waals surface area contributed by atoms with Crippen molar-refractivity contribution in [3.63, 3.8) is 0 Å². The Balaban J connectivity index is 1.93. The molecule has 0 aromatic heterocycles. The van der Waals surface area contributed by atoms with E-state index in [1.807, 2.05) is 31.2 Å². The second-order valence-corrected chi connectivity index (χ2v) is 11.1. The van der Waals surface area contributed by atoms with Crippen molar-refractivity contribution in [2.75, 3.05) is 6.26 Å². The molecule has 0 spiro atoms. The third-order valence-corrected chi connectivity index (χ3v) is 7.61. The van der Waals surface area contributed by atoms with Gasteiger partial charge in [0.05, 0.1) is 20.6 Å². The molecule has 7 heteroatoms. The molecule has 0 saturated heterocycles. The Bertz CT molecular complexity index is 1230. The molecule has 0 N–H and O–H groups in total. The molecular weight excluding hydrogens is 416 g/mol. The smallest absolute Gasteiger partial charge is 0.183 e. The van der Waals surface area contributed by atoms with Gasteiger partial charge < -0.3 is 0 Å². The SMILES string of the molecule is Cc1ccc(-c2ccc(S(=O)(=O)Cc3cccc(S(C)(=O)=O)c3)c(Cl)c2)cc1. The molecule has 0 aliphatic carbocycles. The lowest BCUT2D eigenvalue weighted by Gasteiger charge is -2.10. The van der Waals surface area contributed by atoms with Gasteiger partial charge in [0.2, 0.25) is 0 Å². The largest absolute Gasteiger partial charge is 0.224 e. The van der Waals surface area contributed by atoms with Crippen LogP contribution in [-0.4, -0.2) is 23.1 Å². The molecule has 3 aromatic carbocycles. The van der Waals surface area contributed by atoms with E-state index in [9.17, 15) is 16.8 Å². The van der Waals surface area contributed by atoms with Crippen LogP contribution in [0.5, 0.6) is 0 Å². The third kappa shape index (κ3) is 4.63. The summed E-state index contributed by atoms with van der Waals surface area (Å²) in [5.74, 6) is -0.333. The van der Waals surface area contributed by atoms with Crippen LogP contribution in [0.25, 0.3) is 11.1 Å². The van der Waals surface area contributed by atoms with Gasteiger partial charge in [0.15, 0.2) is 19.7 Å². The van der Waals surface area contributed by atoms with Gasteiger partial charge in [-0.25, -0.2) is 16.8 Å². The van der Waals surface area contributed by atoms with E-state index in [0.29, 0.717) is 5.56 Å². The first-order valence-electron chi connectivity index (χ1n) is 8.45. The second kappa shape index (κ2) is 7.70. The minimum Gasteiger partial charge on any atom is -0.224 e. The highest BCUT2D eigenvalue weighted by molar-refractivity contribution is 7.91. The molecule has 0 aliphatic rings. The van der Waals surface area contributed by atoms with Crippen LogP contribution in [-0.2, 0) is 25.4 Å². The number of rotatable bonds is 5. The van der Waals surface area contributed by atoms with Gasteiger partial charge in [0.1, 0.15) is 0 Å². The van der Waals surface area contributed by atoms with Gasteiger partial charge in [-0.15, -0.1) is 0 Å². The van der Waals surface area contributed by atoms with Gasteiger partial charge in [-0.1, -0.05) is 59.6 Å². The molecule has 0 radical (unpaired) electrons. The highest BCUT2D eigenvalue weighted by Crippen LogP contribution is 2.30. The zero-order valence-electron chi connectivity index (χ0n) is 15.4. The minimum atomic E-state index is -3.74. The zero-order chi connectivity index (χ0) is 20.5. The topological polar surface area (TPSA) is 68.3 Å². The minimum absolute atomic E-state index is 0.0230. The first-order chi connectivity index (χ1) is 13.1. The Morgan fingerprint density at radius 2 is 1.46 bits per heavy atom. The summed E-state index contributed by atoms with van der Waals surface area (Å²) in [6.07, 6.45) is 1.08. The van der Waals surface area contributed by atoms with E-state index in [1.54, 1.807) is 18.2 Å². The van der Waals surface area contributed by atoms with Crippen molar-refractivity contribution in [2.24, 2.45) is 0 Å². The van der Waals surface area contributed by atoms with Gasteiger partial charge in [0, 0.05) is 6.26 Å². The number of aryl methyl sites for hydroxylation is 1. The van der Waals surface area contributed by atoms with Crippen molar-refractivity contribution < 1.29 is 16.8 Å². The number of hydrogen-bond donors (Lipinski definition) is 0. The molecule has 0 atom stereocenters. The number of halogens is 1. The Labute approximate surface area is 170 Å². The summed E-state index contributed by atoms with van der Waals surface area (Å²) in [6.45, 7) is 1.99. The molecule has 146 valence electrons. The van der Waals surface area contributed by atoms with E-state index >= 15 is 0 Å². The number of sulfone groups is 2. The van der Waals surface area contributed by atoms with Gasteiger partial charge >= 0.3 is 0 Å². The summed E-state index contributed by atoms with van der Waals surface area (Å²) in [7, 11) is -7.15. The maximum Gasteiger partial charge on any atom is 0.183 e. The van der Waals surface area contributed by atoms with Crippen LogP contribution in [0.1, 0.15) is 11.1 Å². The normalized spacial score (nSPS) is 12.1. The summed E-state index contributed by atoms with van der Waals surface area (Å²) >= 11 is 6.29. The van der Waals surface area contributed by atoms with Crippen molar-refractivity contribution in [3.8, 4) is 11.1 Å². The van der Waals surface area contributed by atoms with E-state index in [-0.39, 0.29) is 20.6 Å². The predicted octanol–water partition coefficient (Wildman–Crippen LogP) is 4.69. The van der Waals surface area contributed by atoms with Crippen LogP contribution < -0.4 is 0 Å². The predicted molar refractivity (Wildman–Crippen MR) is 112 cm³/mol. The number of hydrogen-bond acceptors (Lipinski definition) is 4. The summed E-state index contributed by atoms with van der Waals surface area (Å²) < 4.78 is 49.1. The Kier molecular flexibility index (Phi) is 5.66. The highest BCUT2D eigenvalue weighted by atomic mass is 35.5. The van der Waals surface area contributed by atoms with Crippen LogP contribution in [0.3, 0.4) is 0 Å². The number of benzene rings is 3. The van der Waals surface area contributed by atoms with Gasteiger partial charge in [-0.05, 0) is 47.9 Å². The van der Waals surface area contributed by atoms with Crippen LogP contribution >= 0.6 is 11.6 Å². The van der Waals surface area contributed by atoms with Crippen molar-refractivity contribution in [1.29, 1.82) is 0 Å². The van der Waals surface area contributed by atoms with Crippen LogP contribution in [0.4, 0.5) is 0 Å². The lowest BCUT2D eigenvalue weighted by Crippen LogP contribution is -2.07. The van der Waals surface area contributed by atoms with E-state index in [1.165, 1.54) is 24.3 Å².